The molecule has 0 radical (unpaired) electrons. The Labute approximate surface area is 224 Å². The van der Waals surface area contributed by atoms with Gasteiger partial charge in [0.05, 0.1) is 23.2 Å². The summed E-state index contributed by atoms with van der Waals surface area (Å²) < 4.78 is 4.36. The molecule has 0 aromatic heterocycles. The number of unbranched alkanes of at least 4 members (excludes halogenated alkanes) is 2. The molecule has 3 fully saturated rings. The lowest BCUT2D eigenvalue weighted by atomic mass is 9.66. The summed E-state index contributed by atoms with van der Waals surface area (Å²) in [6.45, 7) is 12.9. The molecule has 3 aliphatic heterocycles. The maximum absolute atomic E-state index is 14.6. The van der Waals surface area contributed by atoms with Crippen molar-refractivity contribution in [1.29, 1.82) is 0 Å². The summed E-state index contributed by atoms with van der Waals surface area (Å²) in [5.74, 6) is -1.70. The highest BCUT2D eigenvalue weighted by atomic mass is 32.2. The van der Waals surface area contributed by atoms with Gasteiger partial charge in [-0.2, -0.15) is 0 Å². The lowest BCUT2D eigenvalue weighted by Gasteiger charge is -2.38. The fraction of sp³-hybridized carbons (Fsp3) is 0.621. The van der Waals surface area contributed by atoms with Crippen LogP contribution >= 0.6 is 11.8 Å². The first-order valence-electron chi connectivity index (χ1n) is 13.4. The van der Waals surface area contributed by atoms with E-state index in [0.717, 1.165) is 29.7 Å². The number of aliphatic hydroxyl groups is 1. The van der Waals surface area contributed by atoms with Gasteiger partial charge in [-0.1, -0.05) is 24.3 Å². The van der Waals surface area contributed by atoms with E-state index in [1.165, 1.54) is 0 Å². The standard InChI is InChI=1S/C29H40N2O5S/c1-6-16-30(23-19(3)12-11-13-20(23)4)26(34)24-29-15-14-28(5,37-29)22(27(35)36-7-2)21(29)25(33)31(24)17-9-8-10-18-32/h6,11-13,21-22,24,32H,1,7-10,14-18H2,2-5H3/t21-,22+,24?,28-,29?/m0/s1. The molecule has 2 unspecified atom stereocenters. The van der Waals surface area contributed by atoms with Crippen molar-refractivity contribution in [3.63, 3.8) is 0 Å². The Morgan fingerprint density at radius 3 is 2.57 bits per heavy atom. The number of likely N-dealkylation sites (tertiary alicyclic amines) is 1. The van der Waals surface area contributed by atoms with Crippen molar-refractivity contribution in [2.75, 3.05) is 31.2 Å². The van der Waals surface area contributed by atoms with E-state index in [1.807, 2.05) is 32.0 Å². The van der Waals surface area contributed by atoms with Gasteiger partial charge in [0, 0.05) is 30.1 Å². The van der Waals surface area contributed by atoms with Crippen molar-refractivity contribution < 1.29 is 24.2 Å². The van der Waals surface area contributed by atoms with E-state index in [4.69, 9.17) is 4.74 Å². The van der Waals surface area contributed by atoms with Gasteiger partial charge in [0.25, 0.3) is 5.91 Å². The lowest BCUT2D eigenvalue weighted by Crippen LogP contribution is -2.55. The number of benzene rings is 1. The number of carbonyl (C=O) groups excluding carboxylic acids is 3. The van der Waals surface area contributed by atoms with Gasteiger partial charge in [0.15, 0.2) is 0 Å². The number of amides is 2. The topological polar surface area (TPSA) is 87.2 Å². The van der Waals surface area contributed by atoms with E-state index >= 15 is 0 Å². The van der Waals surface area contributed by atoms with E-state index < -0.39 is 27.4 Å². The Morgan fingerprint density at radius 2 is 1.95 bits per heavy atom. The van der Waals surface area contributed by atoms with Gasteiger partial charge in [-0.15, -0.1) is 18.3 Å². The van der Waals surface area contributed by atoms with Crippen LogP contribution in [0.25, 0.3) is 0 Å². The van der Waals surface area contributed by atoms with E-state index in [-0.39, 0.29) is 31.0 Å². The van der Waals surface area contributed by atoms with Crippen LogP contribution in [0.15, 0.2) is 30.9 Å². The van der Waals surface area contributed by atoms with Crippen LogP contribution < -0.4 is 4.90 Å². The van der Waals surface area contributed by atoms with Crippen molar-refractivity contribution in [3.05, 3.63) is 42.0 Å². The third kappa shape index (κ3) is 4.50. The van der Waals surface area contributed by atoms with Crippen LogP contribution in [0.4, 0.5) is 5.69 Å². The van der Waals surface area contributed by atoms with Gasteiger partial charge in [-0.05, 0) is 70.9 Å². The summed E-state index contributed by atoms with van der Waals surface area (Å²) in [6.07, 6.45) is 5.30. The minimum absolute atomic E-state index is 0.0989. The van der Waals surface area contributed by atoms with Crippen molar-refractivity contribution in [3.8, 4) is 0 Å². The largest absolute Gasteiger partial charge is 0.466 e. The average molecular weight is 529 g/mol. The molecule has 37 heavy (non-hydrogen) atoms. The molecule has 1 spiro atoms. The molecular weight excluding hydrogens is 488 g/mol. The summed E-state index contributed by atoms with van der Waals surface area (Å²) in [5.41, 5.74) is 2.83. The highest BCUT2D eigenvalue weighted by molar-refractivity contribution is 8.02. The van der Waals surface area contributed by atoms with Crippen LogP contribution in [0, 0.1) is 25.7 Å². The van der Waals surface area contributed by atoms with Gasteiger partial charge >= 0.3 is 5.97 Å². The van der Waals surface area contributed by atoms with Crippen molar-refractivity contribution in [2.24, 2.45) is 11.8 Å². The van der Waals surface area contributed by atoms with E-state index in [0.29, 0.717) is 32.4 Å². The number of aliphatic hydroxyl groups excluding tert-OH is 1. The van der Waals surface area contributed by atoms with E-state index in [1.54, 1.807) is 34.6 Å². The fourth-order valence-electron chi connectivity index (χ4n) is 6.91. The molecule has 4 rings (SSSR count). The number of esters is 1. The molecule has 202 valence electrons. The second-order valence-corrected chi connectivity index (χ2v) is 12.7. The number of hydrogen-bond acceptors (Lipinski definition) is 6. The molecule has 1 aromatic carbocycles. The number of carbonyl (C=O) groups is 3. The first-order valence-corrected chi connectivity index (χ1v) is 14.2. The average Bonchev–Trinajstić information content (AvgIpc) is 3.41. The lowest BCUT2D eigenvalue weighted by molar-refractivity contribution is -0.155. The Morgan fingerprint density at radius 1 is 1.24 bits per heavy atom. The second kappa shape index (κ2) is 10.8. The predicted octanol–water partition coefficient (Wildman–Crippen LogP) is 4.03. The number of para-hydroxylation sites is 1. The second-order valence-electron chi connectivity index (χ2n) is 10.8. The van der Waals surface area contributed by atoms with Crippen LogP contribution in [0.1, 0.15) is 57.1 Å². The van der Waals surface area contributed by atoms with Gasteiger partial charge in [-0.3, -0.25) is 14.4 Å². The molecule has 0 aliphatic carbocycles. The van der Waals surface area contributed by atoms with Crippen LogP contribution in [0.3, 0.4) is 0 Å². The predicted molar refractivity (Wildman–Crippen MR) is 146 cm³/mol. The minimum atomic E-state index is -0.677. The van der Waals surface area contributed by atoms with Crippen LogP contribution in [-0.2, 0) is 19.1 Å². The maximum Gasteiger partial charge on any atom is 0.311 e. The van der Waals surface area contributed by atoms with Crippen molar-refractivity contribution in [1.82, 2.24) is 4.90 Å². The summed E-state index contributed by atoms with van der Waals surface area (Å²) in [5, 5.41) is 9.25. The number of anilines is 1. The van der Waals surface area contributed by atoms with Crippen LogP contribution in [0.5, 0.6) is 0 Å². The van der Waals surface area contributed by atoms with Crippen molar-refractivity contribution in [2.45, 2.75) is 75.3 Å². The fourth-order valence-corrected chi connectivity index (χ4v) is 9.24. The smallest absolute Gasteiger partial charge is 0.311 e. The molecule has 7 nitrogen and oxygen atoms in total. The third-order valence-electron chi connectivity index (χ3n) is 8.40. The first kappa shape index (κ1) is 27.7. The van der Waals surface area contributed by atoms with Gasteiger partial charge in [-0.25, -0.2) is 0 Å². The molecule has 3 saturated heterocycles. The van der Waals surface area contributed by atoms with E-state index in [9.17, 15) is 19.5 Å². The van der Waals surface area contributed by atoms with Crippen molar-refractivity contribution >= 4 is 35.2 Å². The first-order chi connectivity index (χ1) is 17.7. The summed E-state index contributed by atoms with van der Waals surface area (Å²) in [7, 11) is 0. The Hall–Kier alpha value is -2.32. The molecule has 8 heteroatoms. The summed E-state index contributed by atoms with van der Waals surface area (Å²) in [4.78, 5) is 45.5. The Bertz CT molecular complexity index is 1060. The Kier molecular flexibility index (Phi) is 8.10. The minimum Gasteiger partial charge on any atom is -0.466 e. The summed E-state index contributed by atoms with van der Waals surface area (Å²) in [6, 6.07) is 5.29. The van der Waals surface area contributed by atoms with Crippen LogP contribution in [-0.4, -0.2) is 69.6 Å². The highest BCUT2D eigenvalue weighted by Gasteiger charge is 2.77. The van der Waals surface area contributed by atoms with Gasteiger partial charge in [0.2, 0.25) is 5.91 Å². The number of hydrogen-bond donors (Lipinski definition) is 1. The SMILES string of the molecule is C=CCN(C(=O)C1N(CCCCCO)C(=O)[C@@H]2[C@H](C(=O)OCC)[C@]3(C)CCC12S3)c1c(C)cccc1C. The molecule has 3 heterocycles. The Balaban J connectivity index is 1.79. The molecule has 1 N–H and O–H groups in total. The molecule has 5 atom stereocenters. The highest BCUT2D eigenvalue weighted by Crippen LogP contribution is 2.71. The third-order valence-corrected chi connectivity index (χ3v) is 10.4. The molecule has 2 amide bonds. The quantitative estimate of drug-likeness (QED) is 0.265. The number of aryl methyl sites for hydroxylation is 2. The molecular formula is C29H40N2O5S. The summed E-state index contributed by atoms with van der Waals surface area (Å²) >= 11 is 1.66. The molecule has 3 aliphatic rings. The molecule has 1 aromatic rings. The molecule has 2 bridgehead atoms. The normalized spacial score (nSPS) is 29.9. The number of thioether (sulfide) groups is 1. The monoisotopic (exact) mass is 528 g/mol. The van der Waals surface area contributed by atoms with Gasteiger partial charge < -0.3 is 19.6 Å². The number of fused-ring (bicyclic) bond motifs is 1. The zero-order valence-electron chi connectivity index (χ0n) is 22.5. The number of rotatable bonds is 11. The zero-order chi connectivity index (χ0) is 27.0. The van der Waals surface area contributed by atoms with Crippen LogP contribution in [0.2, 0.25) is 0 Å². The zero-order valence-corrected chi connectivity index (χ0v) is 23.3. The van der Waals surface area contributed by atoms with E-state index in [2.05, 4.69) is 13.5 Å². The molecule has 0 saturated carbocycles. The maximum atomic E-state index is 14.6. The number of nitrogens with zero attached hydrogens (tertiary/aromatic N) is 2. The number of ether oxygens (including phenoxy) is 1. The van der Waals surface area contributed by atoms with Gasteiger partial charge in [0.1, 0.15) is 6.04 Å².